The van der Waals surface area contributed by atoms with Crippen molar-refractivity contribution in [2.45, 2.75) is 25.0 Å². The summed E-state index contributed by atoms with van der Waals surface area (Å²) >= 11 is 1.51. The lowest BCUT2D eigenvalue weighted by Crippen LogP contribution is -2.30. The lowest BCUT2D eigenvalue weighted by molar-refractivity contribution is -0.113. The van der Waals surface area contributed by atoms with Gasteiger partial charge in [0.05, 0.1) is 17.4 Å². The highest BCUT2D eigenvalue weighted by molar-refractivity contribution is 7.99. The first-order valence-corrected chi connectivity index (χ1v) is 9.44. The van der Waals surface area contributed by atoms with Gasteiger partial charge in [0.2, 0.25) is 17.8 Å². The van der Waals surface area contributed by atoms with Crippen LogP contribution in [-0.2, 0) is 10.5 Å². The molecule has 8 heteroatoms. The van der Waals surface area contributed by atoms with Crippen LogP contribution in [0.15, 0.2) is 24.3 Å². The number of aromatic nitrogens is 3. The molecule has 1 saturated heterocycles. The minimum absolute atomic E-state index is 0.111. The molecule has 25 heavy (non-hydrogen) atoms. The predicted molar refractivity (Wildman–Crippen MR) is 98.4 cm³/mol. The summed E-state index contributed by atoms with van der Waals surface area (Å²) < 4.78 is 0. The predicted octanol–water partition coefficient (Wildman–Crippen LogP) is 2.54. The summed E-state index contributed by atoms with van der Waals surface area (Å²) in [6.45, 7) is 1.93. The Kier molecular flexibility index (Phi) is 5.90. The lowest BCUT2D eigenvalue weighted by atomic mass is 10.1. The monoisotopic (exact) mass is 356 g/mol. The highest BCUT2D eigenvalue weighted by atomic mass is 32.2. The molecule has 1 aromatic heterocycles. The molecular weight excluding hydrogens is 336 g/mol. The number of aromatic amines is 1. The number of hydrogen-bond acceptors (Lipinski definition) is 6. The van der Waals surface area contributed by atoms with E-state index in [1.54, 1.807) is 12.1 Å². The first-order chi connectivity index (χ1) is 12.2. The fourth-order valence-electron chi connectivity index (χ4n) is 2.65. The number of hydrogen-bond donors (Lipinski definition) is 2. The Labute approximate surface area is 150 Å². The second-order valence-electron chi connectivity index (χ2n) is 5.88. The maximum Gasteiger partial charge on any atom is 0.246 e. The van der Waals surface area contributed by atoms with Crippen molar-refractivity contribution in [2.24, 2.45) is 0 Å². The standard InChI is InChI=1S/C17H20N6OS/c18-10-13-4-6-14(7-5-13)11-25-12-15(24)19-16-20-17(22-21-16)23-8-2-1-3-9-23/h4-7H,1-3,8-9,11-12H2,(H2,19,20,21,22,24). The van der Waals surface area contributed by atoms with Crippen molar-refractivity contribution in [1.29, 1.82) is 5.26 Å². The Hall–Kier alpha value is -2.53. The topological polar surface area (TPSA) is 97.7 Å². The zero-order chi connectivity index (χ0) is 17.5. The fourth-order valence-corrected chi connectivity index (χ4v) is 3.44. The molecule has 130 valence electrons. The minimum atomic E-state index is -0.111. The number of amides is 1. The molecule has 2 heterocycles. The van der Waals surface area contributed by atoms with Crippen molar-refractivity contribution in [2.75, 3.05) is 29.1 Å². The molecule has 0 radical (unpaired) electrons. The molecule has 1 aromatic carbocycles. The number of piperidine rings is 1. The van der Waals surface area contributed by atoms with Crippen LogP contribution in [0.1, 0.15) is 30.4 Å². The van der Waals surface area contributed by atoms with Crippen LogP contribution in [0.2, 0.25) is 0 Å². The van der Waals surface area contributed by atoms with E-state index in [1.807, 2.05) is 12.1 Å². The SMILES string of the molecule is N#Cc1ccc(CSCC(=O)Nc2nc(N3CCCCC3)n[nH]2)cc1. The third-order valence-electron chi connectivity index (χ3n) is 3.96. The van der Waals surface area contributed by atoms with Crippen molar-refractivity contribution < 1.29 is 4.79 Å². The van der Waals surface area contributed by atoms with Gasteiger partial charge in [0.15, 0.2) is 0 Å². The number of nitrogens with one attached hydrogen (secondary N) is 2. The van der Waals surface area contributed by atoms with Gasteiger partial charge in [-0.3, -0.25) is 10.1 Å². The molecule has 0 spiro atoms. The number of rotatable bonds is 6. The van der Waals surface area contributed by atoms with Gasteiger partial charge < -0.3 is 4.90 Å². The number of thioether (sulfide) groups is 1. The largest absolute Gasteiger partial charge is 0.340 e. The summed E-state index contributed by atoms with van der Waals surface area (Å²) in [4.78, 5) is 18.5. The fraction of sp³-hybridized carbons (Fsp3) is 0.412. The number of carbonyl (C=O) groups is 1. The highest BCUT2D eigenvalue weighted by Gasteiger charge is 2.16. The smallest absolute Gasteiger partial charge is 0.246 e. The molecule has 1 aliphatic rings. The van der Waals surface area contributed by atoms with Gasteiger partial charge in [-0.1, -0.05) is 12.1 Å². The molecule has 0 atom stereocenters. The van der Waals surface area contributed by atoms with Crippen LogP contribution >= 0.6 is 11.8 Å². The number of anilines is 2. The van der Waals surface area contributed by atoms with Crippen molar-refractivity contribution in [1.82, 2.24) is 15.2 Å². The number of nitriles is 1. The number of carbonyl (C=O) groups excluding carboxylic acids is 1. The summed E-state index contributed by atoms with van der Waals surface area (Å²) in [5.41, 5.74) is 1.73. The summed E-state index contributed by atoms with van der Waals surface area (Å²) in [7, 11) is 0. The Morgan fingerprint density at radius 3 is 2.76 bits per heavy atom. The average Bonchev–Trinajstić information content (AvgIpc) is 3.11. The first-order valence-electron chi connectivity index (χ1n) is 8.28. The molecule has 3 rings (SSSR count). The number of H-pyrrole nitrogens is 1. The van der Waals surface area contributed by atoms with Crippen LogP contribution in [0, 0.1) is 11.3 Å². The van der Waals surface area contributed by atoms with Gasteiger partial charge in [0, 0.05) is 18.8 Å². The third-order valence-corrected chi connectivity index (χ3v) is 4.96. The van der Waals surface area contributed by atoms with Gasteiger partial charge in [0.1, 0.15) is 0 Å². The summed E-state index contributed by atoms with van der Waals surface area (Å²) in [5, 5.41) is 18.5. The van der Waals surface area contributed by atoms with E-state index >= 15 is 0 Å². The van der Waals surface area contributed by atoms with E-state index in [4.69, 9.17) is 5.26 Å². The number of nitrogens with zero attached hydrogens (tertiary/aromatic N) is 4. The maximum atomic E-state index is 12.0. The van der Waals surface area contributed by atoms with Crippen molar-refractivity contribution in [3.8, 4) is 6.07 Å². The molecule has 0 unspecified atom stereocenters. The van der Waals surface area contributed by atoms with E-state index in [9.17, 15) is 4.79 Å². The quantitative estimate of drug-likeness (QED) is 0.825. The molecule has 7 nitrogen and oxygen atoms in total. The van der Waals surface area contributed by atoms with Crippen LogP contribution in [0.4, 0.5) is 11.9 Å². The molecule has 0 aliphatic carbocycles. The second-order valence-corrected chi connectivity index (χ2v) is 6.87. The Bertz CT molecular complexity index is 745. The van der Waals surface area contributed by atoms with Gasteiger partial charge >= 0.3 is 0 Å². The van der Waals surface area contributed by atoms with Gasteiger partial charge in [-0.05, 0) is 37.0 Å². The van der Waals surface area contributed by atoms with Crippen molar-refractivity contribution >= 4 is 29.6 Å². The molecule has 1 aliphatic heterocycles. The van der Waals surface area contributed by atoms with E-state index in [-0.39, 0.29) is 5.91 Å². The van der Waals surface area contributed by atoms with Crippen LogP contribution < -0.4 is 10.2 Å². The van der Waals surface area contributed by atoms with Crippen LogP contribution in [0.25, 0.3) is 0 Å². The average molecular weight is 356 g/mol. The normalized spacial score (nSPS) is 14.1. The lowest BCUT2D eigenvalue weighted by Gasteiger charge is -2.24. The molecule has 2 aromatic rings. The van der Waals surface area contributed by atoms with E-state index in [1.165, 1.54) is 18.2 Å². The maximum absolute atomic E-state index is 12.0. The molecular formula is C17H20N6OS. The second kappa shape index (κ2) is 8.53. The summed E-state index contributed by atoms with van der Waals surface area (Å²) in [6.07, 6.45) is 3.56. The van der Waals surface area contributed by atoms with E-state index < -0.39 is 0 Å². The van der Waals surface area contributed by atoms with Crippen LogP contribution in [0.3, 0.4) is 0 Å². The number of benzene rings is 1. The van der Waals surface area contributed by atoms with Gasteiger partial charge in [-0.15, -0.1) is 16.9 Å². The molecule has 1 fully saturated rings. The molecule has 2 N–H and O–H groups in total. The van der Waals surface area contributed by atoms with E-state index in [0.29, 0.717) is 29.0 Å². The van der Waals surface area contributed by atoms with Crippen LogP contribution in [-0.4, -0.2) is 39.9 Å². The van der Waals surface area contributed by atoms with Crippen LogP contribution in [0.5, 0.6) is 0 Å². The summed E-state index contributed by atoms with van der Waals surface area (Å²) in [6, 6.07) is 9.47. The van der Waals surface area contributed by atoms with Gasteiger partial charge in [-0.2, -0.15) is 10.2 Å². The minimum Gasteiger partial charge on any atom is -0.340 e. The van der Waals surface area contributed by atoms with Crippen molar-refractivity contribution in [3.05, 3.63) is 35.4 Å². The van der Waals surface area contributed by atoms with E-state index in [0.717, 1.165) is 31.5 Å². The Balaban J connectivity index is 1.43. The summed E-state index contributed by atoms with van der Waals surface area (Å²) in [5.74, 6) is 1.98. The Morgan fingerprint density at radius 2 is 2.04 bits per heavy atom. The molecule has 0 saturated carbocycles. The zero-order valence-corrected chi connectivity index (χ0v) is 14.7. The molecule has 1 amide bonds. The van der Waals surface area contributed by atoms with Gasteiger partial charge in [-0.25, -0.2) is 5.10 Å². The molecule has 0 bridgehead atoms. The first kappa shape index (κ1) is 17.3. The Morgan fingerprint density at radius 1 is 1.28 bits per heavy atom. The highest BCUT2D eigenvalue weighted by Crippen LogP contribution is 2.17. The third kappa shape index (κ3) is 4.97. The van der Waals surface area contributed by atoms with Gasteiger partial charge in [0.25, 0.3) is 0 Å². The van der Waals surface area contributed by atoms with Crippen molar-refractivity contribution in [3.63, 3.8) is 0 Å². The van der Waals surface area contributed by atoms with E-state index in [2.05, 4.69) is 31.5 Å². The zero-order valence-electron chi connectivity index (χ0n) is 13.9.